The summed E-state index contributed by atoms with van der Waals surface area (Å²) in [6, 6.07) is 8.84. The van der Waals surface area contributed by atoms with E-state index in [1.54, 1.807) is 5.56 Å². The summed E-state index contributed by atoms with van der Waals surface area (Å²) < 4.78 is 0. The van der Waals surface area contributed by atoms with E-state index in [-0.39, 0.29) is 0 Å². The fraction of sp³-hybridized carbons (Fsp3) is 0.647. The van der Waals surface area contributed by atoms with E-state index in [2.05, 4.69) is 34.5 Å². The Morgan fingerprint density at radius 3 is 2.74 bits per heavy atom. The van der Waals surface area contributed by atoms with Gasteiger partial charge in [0.05, 0.1) is 0 Å². The summed E-state index contributed by atoms with van der Waals surface area (Å²) in [6.45, 7) is 5.20. The van der Waals surface area contributed by atoms with Gasteiger partial charge in [-0.2, -0.15) is 0 Å². The summed E-state index contributed by atoms with van der Waals surface area (Å²) >= 11 is 0. The Hall–Kier alpha value is -1.02. The van der Waals surface area contributed by atoms with E-state index < -0.39 is 0 Å². The van der Waals surface area contributed by atoms with Crippen LogP contribution in [0.4, 0.5) is 5.69 Å². The van der Waals surface area contributed by atoms with Gasteiger partial charge in [-0.3, -0.25) is 0 Å². The highest BCUT2D eigenvalue weighted by molar-refractivity contribution is 5.57. The van der Waals surface area contributed by atoms with Crippen molar-refractivity contribution < 1.29 is 0 Å². The summed E-state index contributed by atoms with van der Waals surface area (Å²) in [5.74, 6) is 2.81. The smallest absolute Gasteiger partial charge is 0.0376 e. The maximum atomic E-state index is 3.55. The fourth-order valence-corrected chi connectivity index (χ4v) is 4.47. The second kappa shape index (κ2) is 4.82. The minimum absolute atomic E-state index is 0.733. The van der Waals surface area contributed by atoms with Crippen LogP contribution in [-0.2, 0) is 0 Å². The van der Waals surface area contributed by atoms with Crippen LogP contribution in [0.15, 0.2) is 24.3 Å². The Morgan fingerprint density at radius 2 is 1.89 bits per heavy atom. The largest absolute Gasteiger partial charge is 0.384 e. The molecule has 3 unspecified atom stereocenters. The molecule has 0 bridgehead atoms. The number of rotatable bonds is 3. The van der Waals surface area contributed by atoms with Crippen LogP contribution in [0.5, 0.6) is 0 Å². The molecule has 3 aliphatic rings. The Morgan fingerprint density at radius 1 is 1.11 bits per heavy atom. The Labute approximate surface area is 116 Å². The number of fused-ring (bicyclic) bond motifs is 2. The predicted octanol–water partition coefficient (Wildman–Crippen LogP) is 3.32. The van der Waals surface area contributed by atoms with Crippen LogP contribution in [0.25, 0.3) is 0 Å². The molecule has 3 atom stereocenters. The van der Waals surface area contributed by atoms with Crippen LogP contribution < -0.4 is 5.32 Å². The number of anilines is 1. The molecule has 0 spiro atoms. The summed E-state index contributed by atoms with van der Waals surface area (Å²) in [7, 11) is 0. The van der Waals surface area contributed by atoms with Crippen molar-refractivity contribution in [2.24, 2.45) is 11.8 Å². The standard InChI is InChI=1S/C17H24N2/c1-2-7-17-16(6-1)13(10-18-17)8-9-19-11-14-4-3-5-15(14)12-19/h1-2,6-7,13-15,18H,3-5,8-12H2. The first-order valence-electron chi connectivity index (χ1n) is 7.95. The minimum Gasteiger partial charge on any atom is -0.384 e. The molecule has 0 amide bonds. The van der Waals surface area contributed by atoms with Gasteiger partial charge in [0.15, 0.2) is 0 Å². The van der Waals surface area contributed by atoms with Crippen molar-refractivity contribution >= 4 is 5.69 Å². The molecule has 1 N–H and O–H groups in total. The maximum Gasteiger partial charge on any atom is 0.0376 e. The molecular formula is C17H24N2. The third kappa shape index (κ3) is 2.16. The van der Waals surface area contributed by atoms with Crippen molar-refractivity contribution in [1.82, 2.24) is 4.90 Å². The van der Waals surface area contributed by atoms with E-state index in [1.807, 2.05) is 0 Å². The Kier molecular flexibility index (Phi) is 2.99. The highest BCUT2D eigenvalue weighted by Crippen LogP contribution is 2.39. The van der Waals surface area contributed by atoms with Crippen molar-refractivity contribution in [3.05, 3.63) is 29.8 Å². The van der Waals surface area contributed by atoms with E-state index in [9.17, 15) is 0 Å². The Balaban J connectivity index is 1.34. The highest BCUT2D eigenvalue weighted by Gasteiger charge is 2.36. The monoisotopic (exact) mass is 256 g/mol. The lowest BCUT2D eigenvalue weighted by atomic mass is 9.98. The number of para-hydroxylation sites is 1. The van der Waals surface area contributed by atoms with Crippen LogP contribution in [0.2, 0.25) is 0 Å². The summed E-state index contributed by atoms with van der Waals surface area (Å²) in [4.78, 5) is 2.73. The zero-order chi connectivity index (χ0) is 12.7. The molecule has 102 valence electrons. The van der Waals surface area contributed by atoms with E-state index >= 15 is 0 Å². The summed E-state index contributed by atoms with van der Waals surface area (Å²) in [5, 5.41) is 3.55. The van der Waals surface area contributed by atoms with Crippen molar-refractivity contribution in [1.29, 1.82) is 0 Å². The topological polar surface area (TPSA) is 15.3 Å². The van der Waals surface area contributed by atoms with Gasteiger partial charge < -0.3 is 10.2 Å². The molecule has 1 aliphatic carbocycles. The molecular weight excluding hydrogens is 232 g/mol. The molecule has 4 rings (SSSR count). The quantitative estimate of drug-likeness (QED) is 0.892. The Bertz CT molecular complexity index is 444. The molecule has 2 heterocycles. The van der Waals surface area contributed by atoms with Gasteiger partial charge >= 0.3 is 0 Å². The van der Waals surface area contributed by atoms with Crippen LogP contribution in [-0.4, -0.2) is 31.1 Å². The van der Waals surface area contributed by atoms with E-state index in [4.69, 9.17) is 0 Å². The molecule has 2 nitrogen and oxygen atoms in total. The first-order chi connectivity index (χ1) is 9.40. The van der Waals surface area contributed by atoms with Gasteiger partial charge in [-0.1, -0.05) is 24.6 Å². The normalized spacial score (nSPS) is 33.2. The predicted molar refractivity (Wildman–Crippen MR) is 79.6 cm³/mol. The summed E-state index contributed by atoms with van der Waals surface area (Å²) in [5.41, 5.74) is 2.91. The van der Waals surface area contributed by atoms with Gasteiger partial charge in [-0.25, -0.2) is 0 Å². The fourth-order valence-electron chi connectivity index (χ4n) is 4.47. The van der Waals surface area contributed by atoms with Gasteiger partial charge in [-0.15, -0.1) is 0 Å². The number of likely N-dealkylation sites (tertiary alicyclic amines) is 1. The molecule has 1 saturated heterocycles. The molecule has 1 aromatic carbocycles. The number of nitrogens with zero attached hydrogens (tertiary/aromatic N) is 1. The van der Waals surface area contributed by atoms with Gasteiger partial charge in [0.25, 0.3) is 0 Å². The molecule has 0 aromatic heterocycles. The molecule has 0 radical (unpaired) electrons. The lowest BCUT2D eigenvalue weighted by molar-refractivity contribution is 0.299. The second-order valence-electron chi connectivity index (χ2n) is 6.66. The zero-order valence-corrected chi connectivity index (χ0v) is 11.6. The van der Waals surface area contributed by atoms with Gasteiger partial charge in [0, 0.05) is 31.2 Å². The first kappa shape index (κ1) is 11.8. The first-order valence-corrected chi connectivity index (χ1v) is 7.95. The summed E-state index contributed by atoms with van der Waals surface area (Å²) in [6.07, 6.45) is 5.80. The molecule has 19 heavy (non-hydrogen) atoms. The zero-order valence-electron chi connectivity index (χ0n) is 11.6. The number of hydrogen-bond donors (Lipinski definition) is 1. The molecule has 2 fully saturated rings. The number of benzene rings is 1. The van der Waals surface area contributed by atoms with E-state index in [0.29, 0.717) is 0 Å². The van der Waals surface area contributed by atoms with Crippen molar-refractivity contribution in [2.45, 2.75) is 31.6 Å². The second-order valence-corrected chi connectivity index (χ2v) is 6.66. The SMILES string of the molecule is c1ccc2c(c1)NCC2CCN1CC2CCCC2C1. The maximum absolute atomic E-state index is 3.55. The average molecular weight is 256 g/mol. The van der Waals surface area contributed by atoms with Crippen LogP contribution in [0, 0.1) is 11.8 Å². The van der Waals surface area contributed by atoms with Crippen molar-refractivity contribution in [2.75, 3.05) is 31.5 Å². The van der Waals surface area contributed by atoms with Crippen LogP contribution in [0.1, 0.15) is 37.2 Å². The molecule has 1 aromatic rings. The van der Waals surface area contributed by atoms with E-state index in [0.717, 1.165) is 24.3 Å². The average Bonchev–Trinajstić information content (AvgIpc) is 3.10. The van der Waals surface area contributed by atoms with Crippen molar-refractivity contribution in [3.63, 3.8) is 0 Å². The molecule has 1 saturated carbocycles. The number of nitrogens with one attached hydrogen (secondary N) is 1. The third-order valence-electron chi connectivity index (χ3n) is 5.54. The lowest BCUT2D eigenvalue weighted by Gasteiger charge is -2.19. The van der Waals surface area contributed by atoms with Gasteiger partial charge in [-0.05, 0) is 49.3 Å². The van der Waals surface area contributed by atoms with Crippen LogP contribution in [0.3, 0.4) is 0 Å². The van der Waals surface area contributed by atoms with Crippen LogP contribution >= 0.6 is 0 Å². The highest BCUT2D eigenvalue weighted by atomic mass is 15.2. The third-order valence-corrected chi connectivity index (χ3v) is 5.54. The molecule has 2 aliphatic heterocycles. The van der Waals surface area contributed by atoms with E-state index in [1.165, 1.54) is 51.0 Å². The van der Waals surface area contributed by atoms with Gasteiger partial charge in [0.2, 0.25) is 0 Å². The minimum atomic E-state index is 0.733. The van der Waals surface area contributed by atoms with Crippen molar-refractivity contribution in [3.8, 4) is 0 Å². The molecule has 2 heteroatoms. The number of hydrogen-bond acceptors (Lipinski definition) is 2. The lowest BCUT2D eigenvalue weighted by Crippen LogP contribution is -2.24. The van der Waals surface area contributed by atoms with Gasteiger partial charge in [0.1, 0.15) is 0 Å².